The lowest BCUT2D eigenvalue weighted by Gasteiger charge is -2.09. The van der Waals surface area contributed by atoms with Crippen LogP contribution in [0.4, 0.5) is 4.39 Å². The van der Waals surface area contributed by atoms with Crippen LogP contribution in [0.2, 0.25) is 0 Å². The quantitative estimate of drug-likeness (QED) is 0.794. The molecule has 0 aliphatic heterocycles. The van der Waals surface area contributed by atoms with Gasteiger partial charge in [0.1, 0.15) is 17.7 Å². The molecule has 1 N–H and O–H groups in total. The summed E-state index contributed by atoms with van der Waals surface area (Å²) in [4.78, 5) is 12.5. The van der Waals surface area contributed by atoms with Gasteiger partial charge in [0.15, 0.2) is 0 Å². The summed E-state index contributed by atoms with van der Waals surface area (Å²) >= 11 is 0. The summed E-state index contributed by atoms with van der Waals surface area (Å²) in [6.07, 6.45) is 1.25. The van der Waals surface area contributed by atoms with Gasteiger partial charge in [-0.05, 0) is 30.2 Å². The highest BCUT2D eigenvalue weighted by molar-refractivity contribution is 5.82. The molecule has 4 heteroatoms. The second-order valence-electron chi connectivity index (χ2n) is 5.14. The van der Waals surface area contributed by atoms with Crippen LogP contribution >= 0.6 is 0 Å². The van der Waals surface area contributed by atoms with E-state index in [1.165, 1.54) is 12.3 Å². The molecular formula is C18H15FO3. The number of hydrogen-bond acceptors (Lipinski definition) is 3. The number of fused-ring (bicyclic) bond motifs is 1. The predicted octanol–water partition coefficient (Wildman–Crippen LogP) is 4.04. The van der Waals surface area contributed by atoms with Crippen molar-refractivity contribution in [3.05, 3.63) is 70.3 Å². The molecule has 1 aromatic heterocycles. The van der Waals surface area contributed by atoms with Crippen LogP contribution in [-0.2, 0) is 0 Å². The number of benzene rings is 2. The Morgan fingerprint density at radius 3 is 2.68 bits per heavy atom. The van der Waals surface area contributed by atoms with Gasteiger partial charge in [-0.2, -0.15) is 0 Å². The summed E-state index contributed by atoms with van der Waals surface area (Å²) in [5, 5.41) is 10.2. The Morgan fingerprint density at radius 1 is 1.18 bits per heavy atom. The van der Waals surface area contributed by atoms with E-state index in [1.54, 1.807) is 36.4 Å². The van der Waals surface area contributed by atoms with Crippen molar-refractivity contribution in [2.45, 2.75) is 19.4 Å². The fraction of sp³-hybridized carbons (Fsp3) is 0.167. The molecule has 0 fully saturated rings. The maximum atomic E-state index is 13.9. The van der Waals surface area contributed by atoms with Crippen molar-refractivity contribution < 1.29 is 13.9 Å². The molecule has 112 valence electrons. The Hall–Kier alpha value is -2.46. The van der Waals surface area contributed by atoms with Gasteiger partial charge in [-0.15, -0.1) is 0 Å². The Labute approximate surface area is 126 Å². The first kappa shape index (κ1) is 14.5. The van der Waals surface area contributed by atoms with Crippen molar-refractivity contribution >= 4 is 11.0 Å². The lowest BCUT2D eigenvalue weighted by atomic mass is 10.0. The fourth-order valence-corrected chi connectivity index (χ4v) is 2.45. The normalized spacial score (nSPS) is 12.5. The first-order valence-electron chi connectivity index (χ1n) is 7.10. The smallest absolute Gasteiger partial charge is 0.200 e. The first-order chi connectivity index (χ1) is 10.6. The van der Waals surface area contributed by atoms with Crippen LogP contribution < -0.4 is 5.43 Å². The Balaban J connectivity index is 2.19. The van der Waals surface area contributed by atoms with Crippen LogP contribution in [-0.4, -0.2) is 5.11 Å². The van der Waals surface area contributed by atoms with Crippen molar-refractivity contribution in [2.24, 2.45) is 0 Å². The minimum atomic E-state index is -0.596. The maximum absolute atomic E-state index is 13.9. The molecule has 3 aromatic rings. The highest BCUT2D eigenvalue weighted by atomic mass is 19.1. The van der Waals surface area contributed by atoms with E-state index < -0.39 is 11.9 Å². The molecule has 22 heavy (non-hydrogen) atoms. The Morgan fingerprint density at radius 2 is 1.95 bits per heavy atom. The van der Waals surface area contributed by atoms with E-state index >= 15 is 0 Å². The zero-order chi connectivity index (χ0) is 15.7. The van der Waals surface area contributed by atoms with Crippen molar-refractivity contribution in [2.75, 3.05) is 0 Å². The Bertz CT molecular complexity index is 883. The number of aliphatic hydroxyl groups is 1. The standard InChI is InChI=1S/C18H15FO3/c1-2-16(20)11-7-8-13-17(9-11)22-10-14(18(13)21)12-5-3-4-6-15(12)19/h3-10,16,20H,2H2,1H3. The van der Waals surface area contributed by atoms with Gasteiger partial charge in [-0.25, -0.2) is 4.39 Å². The molecule has 3 nitrogen and oxygen atoms in total. The van der Waals surface area contributed by atoms with Gasteiger partial charge in [0.05, 0.1) is 17.1 Å². The van der Waals surface area contributed by atoms with Crippen molar-refractivity contribution in [3.63, 3.8) is 0 Å². The van der Waals surface area contributed by atoms with Crippen molar-refractivity contribution in [1.29, 1.82) is 0 Å². The van der Waals surface area contributed by atoms with Crippen LogP contribution in [0.3, 0.4) is 0 Å². The van der Waals surface area contributed by atoms with Gasteiger partial charge >= 0.3 is 0 Å². The zero-order valence-electron chi connectivity index (χ0n) is 12.0. The highest BCUT2D eigenvalue weighted by Crippen LogP contribution is 2.25. The van der Waals surface area contributed by atoms with E-state index in [2.05, 4.69) is 0 Å². The summed E-state index contributed by atoms with van der Waals surface area (Å²) in [6, 6.07) is 11.0. The fourth-order valence-electron chi connectivity index (χ4n) is 2.45. The predicted molar refractivity (Wildman–Crippen MR) is 83.1 cm³/mol. The lowest BCUT2D eigenvalue weighted by Crippen LogP contribution is -2.06. The number of halogens is 1. The number of rotatable bonds is 3. The summed E-state index contributed by atoms with van der Waals surface area (Å²) < 4.78 is 19.3. The largest absolute Gasteiger partial charge is 0.463 e. The van der Waals surface area contributed by atoms with Crippen molar-refractivity contribution in [3.8, 4) is 11.1 Å². The van der Waals surface area contributed by atoms with Crippen LogP contribution in [0.25, 0.3) is 22.1 Å². The second-order valence-corrected chi connectivity index (χ2v) is 5.14. The summed E-state index contributed by atoms with van der Waals surface area (Å²) in [5.41, 5.74) is 1.20. The van der Waals surface area contributed by atoms with E-state index in [4.69, 9.17) is 4.42 Å². The van der Waals surface area contributed by atoms with Gasteiger partial charge in [-0.1, -0.05) is 31.2 Å². The average Bonchev–Trinajstić information content (AvgIpc) is 2.55. The third-order valence-corrected chi connectivity index (χ3v) is 3.73. The first-order valence-corrected chi connectivity index (χ1v) is 7.10. The summed E-state index contributed by atoms with van der Waals surface area (Å²) in [6.45, 7) is 1.87. The molecule has 2 aromatic carbocycles. The highest BCUT2D eigenvalue weighted by Gasteiger charge is 2.14. The van der Waals surface area contributed by atoms with E-state index in [0.717, 1.165) is 0 Å². The van der Waals surface area contributed by atoms with E-state index in [0.29, 0.717) is 23.0 Å². The molecule has 0 saturated carbocycles. The van der Waals surface area contributed by atoms with Gasteiger partial charge in [0.25, 0.3) is 0 Å². The van der Waals surface area contributed by atoms with Crippen LogP contribution in [0, 0.1) is 5.82 Å². The molecule has 1 atom stereocenters. The molecule has 3 rings (SSSR count). The third-order valence-electron chi connectivity index (χ3n) is 3.73. The molecule has 0 aliphatic carbocycles. The van der Waals surface area contributed by atoms with E-state index in [1.807, 2.05) is 6.92 Å². The van der Waals surface area contributed by atoms with Crippen molar-refractivity contribution in [1.82, 2.24) is 0 Å². The molecule has 0 radical (unpaired) electrons. The van der Waals surface area contributed by atoms with E-state index in [9.17, 15) is 14.3 Å². The zero-order valence-corrected chi connectivity index (χ0v) is 12.0. The maximum Gasteiger partial charge on any atom is 0.200 e. The monoisotopic (exact) mass is 298 g/mol. The number of aliphatic hydroxyl groups excluding tert-OH is 1. The molecule has 0 bridgehead atoms. The topological polar surface area (TPSA) is 50.4 Å². The second kappa shape index (κ2) is 5.73. The molecule has 0 amide bonds. The number of hydrogen-bond donors (Lipinski definition) is 1. The minimum absolute atomic E-state index is 0.189. The van der Waals surface area contributed by atoms with Crippen LogP contribution in [0.5, 0.6) is 0 Å². The van der Waals surface area contributed by atoms with Gasteiger partial charge in [-0.3, -0.25) is 4.79 Å². The van der Waals surface area contributed by atoms with Gasteiger partial charge < -0.3 is 9.52 Å². The molecule has 1 unspecified atom stereocenters. The summed E-state index contributed by atoms with van der Waals surface area (Å²) in [5.74, 6) is -0.466. The molecule has 0 aliphatic rings. The minimum Gasteiger partial charge on any atom is -0.463 e. The Kier molecular flexibility index (Phi) is 3.77. The molecular weight excluding hydrogens is 283 g/mol. The van der Waals surface area contributed by atoms with Gasteiger partial charge in [0.2, 0.25) is 5.43 Å². The summed E-state index contributed by atoms with van der Waals surface area (Å²) in [7, 11) is 0. The van der Waals surface area contributed by atoms with Crippen LogP contribution in [0.15, 0.2) is 57.9 Å². The third kappa shape index (κ3) is 2.42. The lowest BCUT2D eigenvalue weighted by molar-refractivity contribution is 0.173. The SMILES string of the molecule is CCC(O)c1ccc2c(=O)c(-c3ccccc3F)coc2c1. The molecule has 1 heterocycles. The van der Waals surface area contributed by atoms with Crippen LogP contribution in [0.1, 0.15) is 25.0 Å². The molecule has 0 spiro atoms. The average molecular weight is 298 g/mol. The van der Waals surface area contributed by atoms with Gasteiger partial charge in [0, 0.05) is 5.56 Å². The molecule has 0 saturated heterocycles. The van der Waals surface area contributed by atoms with E-state index in [-0.39, 0.29) is 16.6 Å².